The van der Waals surface area contributed by atoms with Crippen LogP contribution in [0.15, 0.2) is 6.20 Å². The van der Waals surface area contributed by atoms with Crippen LogP contribution in [-0.4, -0.2) is 38.4 Å². The van der Waals surface area contributed by atoms with E-state index in [0.29, 0.717) is 11.0 Å². The Morgan fingerprint density at radius 3 is 3.05 bits per heavy atom. The van der Waals surface area contributed by atoms with E-state index >= 15 is 0 Å². The highest BCUT2D eigenvalue weighted by molar-refractivity contribution is 6.35. The summed E-state index contributed by atoms with van der Waals surface area (Å²) in [4.78, 5) is 18.8. The van der Waals surface area contributed by atoms with Gasteiger partial charge in [-0.15, -0.1) is 0 Å². The Morgan fingerprint density at radius 1 is 1.48 bits per heavy atom. The van der Waals surface area contributed by atoms with Gasteiger partial charge in [-0.2, -0.15) is 10.1 Å². The maximum Gasteiger partial charge on any atom is 0.302 e. The summed E-state index contributed by atoms with van der Waals surface area (Å²) in [6.07, 6.45) is 2.65. The molecule has 1 aliphatic heterocycles. The van der Waals surface area contributed by atoms with Crippen LogP contribution in [0.4, 0.5) is 0 Å². The third-order valence-electron chi connectivity index (χ3n) is 3.21. The molecule has 0 aromatic carbocycles. The number of halogens is 2. The lowest BCUT2D eigenvalue weighted by Gasteiger charge is -2.14. The summed E-state index contributed by atoms with van der Waals surface area (Å²) < 4.78 is 12.4. The third-order valence-corrected chi connectivity index (χ3v) is 3.67. The molecule has 0 unspecified atom stereocenters. The second-order valence-corrected chi connectivity index (χ2v) is 5.40. The molecule has 0 amide bonds. The van der Waals surface area contributed by atoms with Crippen molar-refractivity contribution in [3.8, 4) is 0 Å². The van der Waals surface area contributed by atoms with Crippen LogP contribution < -0.4 is 0 Å². The van der Waals surface area contributed by atoms with Crippen molar-refractivity contribution in [2.45, 2.75) is 32.1 Å². The maximum atomic E-state index is 10.8. The Morgan fingerprint density at radius 2 is 2.29 bits per heavy atom. The lowest BCUT2D eigenvalue weighted by molar-refractivity contribution is -0.145. The molecule has 3 rings (SSSR count). The van der Waals surface area contributed by atoms with E-state index in [2.05, 4.69) is 15.1 Å². The van der Waals surface area contributed by atoms with Gasteiger partial charge in [-0.3, -0.25) is 4.79 Å². The number of esters is 1. The van der Waals surface area contributed by atoms with E-state index in [-0.39, 0.29) is 35.3 Å². The van der Waals surface area contributed by atoms with Gasteiger partial charge in [0.05, 0.1) is 17.7 Å². The van der Waals surface area contributed by atoms with Gasteiger partial charge >= 0.3 is 5.97 Å². The standard InChI is InChI=1S/C12H12Cl2N4O3/c1-6(19)20-5-7-2-3-9(21-7)18-11-8(4-15-18)10(13)16-12(14)17-11/h4,7,9H,2-3,5H2,1H3/t7-,9+/m0/s1. The zero-order valence-electron chi connectivity index (χ0n) is 11.1. The van der Waals surface area contributed by atoms with Gasteiger partial charge in [0.25, 0.3) is 0 Å². The zero-order chi connectivity index (χ0) is 15.0. The van der Waals surface area contributed by atoms with Gasteiger partial charge < -0.3 is 9.47 Å². The average molecular weight is 331 g/mol. The number of ether oxygens (including phenoxy) is 2. The van der Waals surface area contributed by atoms with Crippen LogP contribution in [0.2, 0.25) is 10.4 Å². The molecule has 0 spiro atoms. The van der Waals surface area contributed by atoms with E-state index in [1.807, 2.05) is 0 Å². The number of carbonyl (C=O) groups excluding carboxylic acids is 1. The molecular formula is C12H12Cl2N4O3. The molecule has 2 aromatic rings. The van der Waals surface area contributed by atoms with Crippen molar-refractivity contribution in [3.63, 3.8) is 0 Å². The van der Waals surface area contributed by atoms with Crippen LogP contribution in [0.25, 0.3) is 11.0 Å². The largest absolute Gasteiger partial charge is 0.463 e. The Hall–Kier alpha value is -1.44. The minimum atomic E-state index is -0.321. The molecule has 2 atom stereocenters. The van der Waals surface area contributed by atoms with Crippen LogP contribution >= 0.6 is 23.2 Å². The second-order valence-electron chi connectivity index (χ2n) is 4.70. The molecule has 3 heterocycles. The maximum absolute atomic E-state index is 10.8. The molecule has 0 radical (unpaired) electrons. The monoisotopic (exact) mass is 330 g/mol. The number of hydrogen-bond acceptors (Lipinski definition) is 6. The Balaban J connectivity index is 1.81. The highest BCUT2D eigenvalue weighted by Crippen LogP contribution is 2.31. The van der Waals surface area contributed by atoms with E-state index in [0.717, 1.165) is 12.8 Å². The summed E-state index contributed by atoms with van der Waals surface area (Å²) >= 11 is 11.8. The zero-order valence-corrected chi connectivity index (χ0v) is 12.6. The molecule has 2 aromatic heterocycles. The molecular weight excluding hydrogens is 319 g/mol. The topological polar surface area (TPSA) is 79.1 Å². The average Bonchev–Trinajstić information content (AvgIpc) is 3.02. The van der Waals surface area contributed by atoms with Crippen molar-refractivity contribution in [3.05, 3.63) is 16.6 Å². The van der Waals surface area contributed by atoms with Gasteiger partial charge in [0.2, 0.25) is 5.28 Å². The summed E-state index contributed by atoms with van der Waals surface area (Å²) in [5.74, 6) is -0.321. The van der Waals surface area contributed by atoms with Crippen LogP contribution in [0.1, 0.15) is 26.0 Å². The first kappa shape index (κ1) is 14.5. The van der Waals surface area contributed by atoms with Crippen molar-refractivity contribution in [1.82, 2.24) is 19.7 Å². The molecule has 7 nitrogen and oxygen atoms in total. The van der Waals surface area contributed by atoms with Crippen LogP contribution in [0.3, 0.4) is 0 Å². The third kappa shape index (κ3) is 2.95. The number of aromatic nitrogens is 4. The summed E-state index contributed by atoms with van der Waals surface area (Å²) in [7, 11) is 0. The predicted molar refractivity (Wildman–Crippen MR) is 75.1 cm³/mol. The molecule has 112 valence electrons. The van der Waals surface area contributed by atoms with Gasteiger partial charge in [-0.05, 0) is 24.4 Å². The number of carbonyl (C=O) groups is 1. The lowest BCUT2D eigenvalue weighted by atomic mass is 10.2. The normalized spacial score (nSPS) is 21.9. The van der Waals surface area contributed by atoms with Crippen molar-refractivity contribution >= 4 is 40.2 Å². The summed E-state index contributed by atoms with van der Waals surface area (Å²) in [5, 5.41) is 5.18. The molecule has 0 aliphatic carbocycles. The molecule has 9 heteroatoms. The van der Waals surface area contributed by atoms with Crippen molar-refractivity contribution in [2.24, 2.45) is 0 Å². The molecule has 0 saturated carbocycles. The van der Waals surface area contributed by atoms with Gasteiger partial charge in [-0.1, -0.05) is 11.6 Å². The highest BCUT2D eigenvalue weighted by atomic mass is 35.5. The van der Waals surface area contributed by atoms with Crippen LogP contribution in [0, 0.1) is 0 Å². The highest BCUT2D eigenvalue weighted by Gasteiger charge is 2.29. The van der Waals surface area contributed by atoms with Gasteiger partial charge in [0.15, 0.2) is 11.9 Å². The van der Waals surface area contributed by atoms with E-state index in [1.165, 1.54) is 6.92 Å². The van der Waals surface area contributed by atoms with Crippen LogP contribution in [0.5, 0.6) is 0 Å². The first-order chi connectivity index (χ1) is 10.0. The molecule has 1 fully saturated rings. The minimum absolute atomic E-state index is 0.0590. The summed E-state index contributed by atoms with van der Waals surface area (Å²) in [6.45, 7) is 1.61. The fourth-order valence-electron chi connectivity index (χ4n) is 2.28. The molecule has 0 bridgehead atoms. The second kappa shape index (κ2) is 5.75. The number of nitrogens with zero attached hydrogens (tertiary/aromatic N) is 4. The van der Waals surface area contributed by atoms with Gasteiger partial charge in [-0.25, -0.2) is 9.67 Å². The predicted octanol–water partition coefficient (Wildman–Crippen LogP) is 2.37. The lowest BCUT2D eigenvalue weighted by Crippen LogP contribution is -2.18. The molecule has 1 aliphatic rings. The summed E-state index contributed by atoms with van der Waals surface area (Å²) in [6, 6.07) is 0. The van der Waals surface area contributed by atoms with Gasteiger partial charge in [0, 0.05) is 6.92 Å². The number of fused-ring (bicyclic) bond motifs is 1. The van der Waals surface area contributed by atoms with Crippen molar-refractivity contribution in [2.75, 3.05) is 6.61 Å². The van der Waals surface area contributed by atoms with Crippen LogP contribution in [-0.2, 0) is 14.3 Å². The SMILES string of the molecule is CC(=O)OC[C@@H]1CC[C@H](n2ncc3c(Cl)nc(Cl)nc32)O1. The fourth-order valence-corrected chi connectivity index (χ4v) is 2.70. The smallest absolute Gasteiger partial charge is 0.302 e. The van der Waals surface area contributed by atoms with E-state index in [4.69, 9.17) is 32.7 Å². The molecule has 0 N–H and O–H groups in total. The Kier molecular flexibility index (Phi) is 3.97. The van der Waals surface area contributed by atoms with Crippen molar-refractivity contribution < 1.29 is 14.3 Å². The minimum Gasteiger partial charge on any atom is -0.463 e. The first-order valence-electron chi connectivity index (χ1n) is 6.39. The van der Waals surface area contributed by atoms with E-state index < -0.39 is 0 Å². The molecule has 1 saturated heterocycles. The Bertz CT molecular complexity index is 690. The van der Waals surface area contributed by atoms with E-state index in [9.17, 15) is 4.79 Å². The first-order valence-corrected chi connectivity index (χ1v) is 7.15. The number of rotatable bonds is 3. The quantitative estimate of drug-likeness (QED) is 0.488. The van der Waals surface area contributed by atoms with E-state index in [1.54, 1.807) is 10.9 Å². The Labute approximate surface area is 130 Å². The van der Waals surface area contributed by atoms with Crippen molar-refractivity contribution in [1.29, 1.82) is 0 Å². The number of hydrogen-bond donors (Lipinski definition) is 0. The summed E-state index contributed by atoms with van der Waals surface area (Å²) in [5.41, 5.74) is 0.526. The fraction of sp³-hybridized carbons (Fsp3) is 0.500. The molecule has 21 heavy (non-hydrogen) atoms. The van der Waals surface area contributed by atoms with Gasteiger partial charge in [0.1, 0.15) is 11.8 Å².